The van der Waals surface area contributed by atoms with Gasteiger partial charge >= 0.3 is 0 Å². The smallest absolute Gasteiger partial charge is 0.139 e. The molecule has 2 heterocycles. The first-order valence-corrected chi connectivity index (χ1v) is 9.57. The summed E-state index contributed by atoms with van der Waals surface area (Å²) in [5.74, 6) is 1.72. The normalized spacial score (nSPS) is 12.4. The van der Waals surface area contributed by atoms with Gasteiger partial charge in [0.1, 0.15) is 22.9 Å². The molecule has 0 radical (unpaired) electrons. The number of imidazole rings is 1. The highest BCUT2D eigenvalue weighted by Gasteiger charge is 2.28. The van der Waals surface area contributed by atoms with Crippen LogP contribution in [0.25, 0.3) is 16.9 Å². The second kappa shape index (κ2) is 7.08. The molecule has 0 fully saturated rings. The Hall–Kier alpha value is -2.20. The molecule has 0 atom stereocenters. The molecule has 4 nitrogen and oxygen atoms in total. The second-order valence-electron chi connectivity index (χ2n) is 8.83. The van der Waals surface area contributed by atoms with Crippen LogP contribution in [0, 0.1) is 5.41 Å². The summed E-state index contributed by atoms with van der Waals surface area (Å²) < 4.78 is 7.60. The van der Waals surface area contributed by atoms with Gasteiger partial charge < -0.3 is 10.1 Å². The number of hydrogen-bond acceptors (Lipinski definition) is 3. The van der Waals surface area contributed by atoms with E-state index in [0.717, 1.165) is 34.9 Å². The molecule has 5 heteroatoms. The fourth-order valence-electron chi connectivity index (χ4n) is 3.86. The minimum atomic E-state index is -0.132. The van der Waals surface area contributed by atoms with E-state index in [1.807, 2.05) is 47.0 Å². The molecule has 3 aromatic rings. The third kappa shape index (κ3) is 4.38. The summed E-state index contributed by atoms with van der Waals surface area (Å²) in [7, 11) is 1.68. The molecule has 0 spiro atoms. The summed E-state index contributed by atoms with van der Waals surface area (Å²) in [6.45, 7) is 11.2. The van der Waals surface area contributed by atoms with Gasteiger partial charge in [-0.2, -0.15) is 0 Å². The third-order valence-corrected chi connectivity index (χ3v) is 4.60. The maximum atomic E-state index is 6.28. The molecule has 144 valence electrons. The molecule has 0 aliphatic carbocycles. The van der Waals surface area contributed by atoms with Crippen molar-refractivity contribution in [2.75, 3.05) is 12.4 Å². The number of para-hydroxylation sites is 1. The minimum absolute atomic E-state index is 0.132. The summed E-state index contributed by atoms with van der Waals surface area (Å²) in [5, 5.41) is 4.40. The Labute approximate surface area is 166 Å². The number of nitrogens with zero attached hydrogens (tertiary/aromatic N) is 2. The maximum Gasteiger partial charge on any atom is 0.139 e. The highest BCUT2D eigenvalue weighted by atomic mass is 35.5. The van der Waals surface area contributed by atoms with Crippen LogP contribution in [0.4, 0.5) is 5.82 Å². The summed E-state index contributed by atoms with van der Waals surface area (Å²) >= 11 is 6.28. The molecular weight excluding hydrogens is 358 g/mol. The zero-order valence-corrected chi connectivity index (χ0v) is 17.7. The van der Waals surface area contributed by atoms with E-state index >= 15 is 0 Å². The van der Waals surface area contributed by atoms with E-state index in [1.165, 1.54) is 0 Å². The number of rotatable bonds is 5. The van der Waals surface area contributed by atoms with Crippen molar-refractivity contribution in [3.63, 3.8) is 0 Å². The molecule has 0 saturated heterocycles. The van der Waals surface area contributed by atoms with Gasteiger partial charge in [-0.3, -0.25) is 4.40 Å². The van der Waals surface area contributed by atoms with E-state index in [0.29, 0.717) is 5.02 Å². The van der Waals surface area contributed by atoms with Gasteiger partial charge in [-0.25, -0.2) is 4.98 Å². The lowest BCUT2D eigenvalue weighted by Crippen LogP contribution is -2.36. The Morgan fingerprint density at radius 2 is 1.78 bits per heavy atom. The molecule has 0 amide bonds. The Morgan fingerprint density at radius 1 is 1.07 bits per heavy atom. The maximum absolute atomic E-state index is 6.28. The summed E-state index contributed by atoms with van der Waals surface area (Å²) in [4.78, 5) is 4.88. The van der Waals surface area contributed by atoms with Gasteiger partial charge in [-0.15, -0.1) is 0 Å². The lowest BCUT2D eigenvalue weighted by atomic mass is 9.82. The van der Waals surface area contributed by atoms with Gasteiger partial charge in [0.25, 0.3) is 0 Å². The van der Waals surface area contributed by atoms with Crippen molar-refractivity contribution in [2.24, 2.45) is 5.41 Å². The summed E-state index contributed by atoms with van der Waals surface area (Å²) in [5.41, 5.74) is 2.71. The Kier molecular flexibility index (Phi) is 5.13. The standard InChI is InChI=1S/C22H28ClN3O/c1-21(2,3)14-22(4,5)25-20-19(16-9-7-8-10-17(16)27-6)24-18-12-11-15(23)13-26(18)20/h7-13,25H,14H2,1-6H3. The molecule has 0 aliphatic heterocycles. The predicted molar refractivity (Wildman–Crippen MR) is 114 cm³/mol. The van der Waals surface area contributed by atoms with Crippen LogP contribution >= 0.6 is 11.6 Å². The minimum Gasteiger partial charge on any atom is -0.496 e. The van der Waals surface area contributed by atoms with Crippen LogP contribution in [0.5, 0.6) is 5.75 Å². The van der Waals surface area contributed by atoms with E-state index in [1.54, 1.807) is 7.11 Å². The van der Waals surface area contributed by atoms with Crippen molar-refractivity contribution in [1.82, 2.24) is 9.38 Å². The number of nitrogens with one attached hydrogen (secondary N) is 1. The number of halogens is 1. The number of fused-ring (bicyclic) bond motifs is 1. The van der Waals surface area contributed by atoms with Crippen LogP contribution < -0.4 is 10.1 Å². The van der Waals surface area contributed by atoms with E-state index in [-0.39, 0.29) is 11.0 Å². The van der Waals surface area contributed by atoms with Gasteiger partial charge in [0, 0.05) is 17.3 Å². The largest absolute Gasteiger partial charge is 0.496 e. The fourth-order valence-corrected chi connectivity index (χ4v) is 4.02. The average Bonchev–Trinajstić information content (AvgIpc) is 2.89. The molecule has 0 bridgehead atoms. The molecular formula is C22H28ClN3O. The fraction of sp³-hybridized carbons (Fsp3) is 0.409. The lowest BCUT2D eigenvalue weighted by molar-refractivity contribution is 0.302. The molecule has 27 heavy (non-hydrogen) atoms. The summed E-state index contributed by atoms with van der Waals surface area (Å²) in [6, 6.07) is 11.7. The predicted octanol–water partition coefficient (Wildman–Crippen LogP) is 6.29. The van der Waals surface area contributed by atoms with Crippen molar-refractivity contribution < 1.29 is 4.74 Å². The molecule has 1 N–H and O–H groups in total. The highest BCUT2D eigenvalue weighted by Crippen LogP contribution is 2.38. The molecule has 3 rings (SSSR count). The Morgan fingerprint density at radius 3 is 2.44 bits per heavy atom. The van der Waals surface area contributed by atoms with Gasteiger partial charge in [0.2, 0.25) is 0 Å². The van der Waals surface area contributed by atoms with E-state index in [2.05, 4.69) is 39.9 Å². The van der Waals surface area contributed by atoms with Crippen LogP contribution in [0.2, 0.25) is 5.02 Å². The number of anilines is 1. The first-order valence-electron chi connectivity index (χ1n) is 9.19. The monoisotopic (exact) mass is 385 g/mol. The van der Waals surface area contributed by atoms with Crippen molar-refractivity contribution >= 4 is 23.1 Å². The average molecular weight is 386 g/mol. The molecule has 0 saturated carbocycles. The Bertz CT molecular complexity index is 954. The lowest BCUT2D eigenvalue weighted by Gasteiger charge is -2.34. The van der Waals surface area contributed by atoms with E-state index in [9.17, 15) is 0 Å². The van der Waals surface area contributed by atoms with E-state index in [4.69, 9.17) is 21.3 Å². The SMILES string of the molecule is COc1ccccc1-c1nc2ccc(Cl)cn2c1NC(C)(C)CC(C)(C)C. The number of aromatic nitrogens is 2. The van der Waals surface area contributed by atoms with Gasteiger partial charge in [0.15, 0.2) is 0 Å². The van der Waals surface area contributed by atoms with Crippen molar-refractivity contribution in [2.45, 2.75) is 46.6 Å². The quantitative estimate of drug-likeness (QED) is 0.560. The van der Waals surface area contributed by atoms with Gasteiger partial charge in [0.05, 0.1) is 12.1 Å². The van der Waals surface area contributed by atoms with Crippen molar-refractivity contribution in [3.8, 4) is 17.0 Å². The highest BCUT2D eigenvalue weighted by molar-refractivity contribution is 6.30. The number of methoxy groups -OCH3 is 1. The molecule has 0 unspecified atom stereocenters. The van der Waals surface area contributed by atoms with Gasteiger partial charge in [-0.05, 0) is 49.9 Å². The van der Waals surface area contributed by atoms with Crippen LogP contribution in [0.3, 0.4) is 0 Å². The number of benzene rings is 1. The Balaban J connectivity index is 2.18. The zero-order valence-electron chi connectivity index (χ0n) is 16.9. The molecule has 0 aliphatic rings. The first-order chi connectivity index (χ1) is 12.6. The summed E-state index contributed by atoms with van der Waals surface area (Å²) in [6.07, 6.45) is 2.90. The number of hydrogen-bond donors (Lipinski definition) is 1. The van der Waals surface area contributed by atoms with Crippen LogP contribution in [0.15, 0.2) is 42.6 Å². The number of ether oxygens (including phenoxy) is 1. The van der Waals surface area contributed by atoms with Crippen LogP contribution in [0.1, 0.15) is 41.0 Å². The third-order valence-electron chi connectivity index (χ3n) is 4.37. The van der Waals surface area contributed by atoms with Crippen LogP contribution in [-0.4, -0.2) is 22.0 Å². The van der Waals surface area contributed by atoms with Crippen LogP contribution in [-0.2, 0) is 0 Å². The molecule has 1 aromatic carbocycles. The van der Waals surface area contributed by atoms with Gasteiger partial charge in [-0.1, -0.05) is 44.5 Å². The van der Waals surface area contributed by atoms with Crippen molar-refractivity contribution in [3.05, 3.63) is 47.6 Å². The van der Waals surface area contributed by atoms with Crippen molar-refractivity contribution in [1.29, 1.82) is 0 Å². The second-order valence-corrected chi connectivity index (χ2v) is 9.27. The molecule has 2 aromatic heterocycles. The zero-order chi connectivity index (χ0) is 19.8. The number of pyridine rings is 1. The topological polar surface area (TPSA) is 38.6 Å². The first kappa shape index (κ1) is 19.6. The van der Waals surface area contributed by atoms with E-state index < -0.39 is 0 Å².